The first-order valence-corrected chi connectivity index (χ1v) is 8.34. The van der Waals surface area contributed by atoms with E-state index in [0.29, 0.717) is 19.6 Å². The van der Waals surface area contributed by atoms with Crippen LogP contribution in [-0.4, -0.2) is 36.6 Å². The van der Waals surface area contributed by atoms with Crippen molar-refractivity contribution in [3.05, 3.63) is 42.5 Å². The zero-order valence-corrected chi connectivity index (χ0v) is 14.2. The third-order valence-corrected chi connectivity index (χ3v) is 4.37. The Morgan fingerprint density at radius 2 is 2.32 bits per heavy atom. The first-order valence-electron chi connectivity index (χ1n) is 7.19. The number of thioether (sulfide) groups is 1. The minimum Gasteiger partial charge on any atom is -0.489 e. The smallest absolute Gasteiger partial charge is 0.221 e. The van der Waals surface area contributed by atoms with Gasteiger partial charge >= 0.3 is 0 Å². The summed E-state index contributed by atoms with van der Waals surface area (Å²) >= 11 is 1.90. The minimum atomic E-state index is 0. The summed E-state index contributed by atoms with van der Waals surface area (Å²) in [6.45, 7) is 5.59. The van der Waals surface area contributed by atoms with E-state index < -0.39 is 0 Å². The van der Waals surface area contributed by atoms with Crippen molar-refractivity contribution in [2.75, 3.05) is 24.7 Å². The lowest BCUT2D eigenvalue weighted by atomic mass is 10.2. The van der Waals surface area contributed by atoms with Crippen LogP contribution < -0.4 is 15.4 Å². The van der Waals surface area contributed by atoms with Crippen molar-refractivity contribution in [2.45, 2.75) is 19.0 Å². The van der Waals surface area contributed by atoms with Crippen LogP contribution in [-0.2, 0) is 11.3 Å². The Bertz CT molecular complexity index is 479. The quantitative estimate of drug-likeness (QED) is 0.747. The predicted octanol–water partition coefficient (Wildman–Crippen LogP) is 2.38. The third-order valence-electron chi connectivity index (χ3n) is 3.24. The lowest BCUT2D eigenvalue weighted by molar-refractivity contribution is -0.121. The molecule has 0 bridgehead atoms. The Balaban J connectivity index is 0.00000242. The molecule has 1 aromatic rings. The predicted molar refractivity (Wildman–Crippen MR) is 95.0 cm³/mol. The second-order valence-electron chi connectivity index (χ2n) is 4.91. The number of rotatable bonds is 7. The Hall–Kier alpha value is -1.17. The molecular weight excluding hydrogens is 320 g/mol. The number of nitrogens with one attached hydrogen (secondary N) is 2. The molecule has 0 radical (unpaired) electrons. The highest BCUT2D eigenvalue weighted by molar-refractivity contribution is 7.99. The van der Waals surface area contributed by atoms with E-state index >= 15 is 0 Å². The van der Waals surface area contributed by atoms with E-state index in [1.165, 1.54) is 0 Å². The number of ether oxygens (including phenoxy) is 1. The summed E-state index contributed by atoms with van der Waals surface area (Å²) in [4.78, 5) is 12.0. The normalized spacial score (nSPS) is 17.2. The number of amides is 1. The highest BCUT2D eigenvalue weighted by atomic mass is 35.5. The fraction of sp³-hybridized carbons (Fsp3) is 0.438. The van der Waals surface area contributed by atoms with Gasteiger partial charge < -0.3 is 15.4 Å². The van der Waals surface area contributed by atoms with E-state index in [1.807, 2.05) is 36.0 Å². The molecule has 22 heavy (non-hydrogen) atoms. The second kappa shape index (κ2) is 10.5. The summed E-state index contributed by atoms with van der Waals surface area (Å²) in [5.74, 6) is 3.01. The van der Waals surface area contributed by atoms with Gasteiger partial charge in [-0.25, -0.2) is 0 Å². The van der Waals surface area contributed by atoms with Crippen LogP contribution in [0.15, 0.2) is 36.9 Å². The van der Waals surface area contributed by atoms with Crippen molar-refractivity contribution in [3.8, 4) is 5.75 Å². The van der Waals surface area contributed by atoms with Crippen molar-refractivity contribution < 1.29 is 9.53 Å². The van der Waals surface area contributed by atoms with Gasteiger partial charge in [0.25, 0.3) is 0 Å². The van der Waals surface area contributed by atoms with E-state index in [4.69, 9.17) is 4.74 Å². The lowest BCUT2D eigenvalue weighted by Crippen LogP contribution is -2.41. The van der Waals surface area contributed by atoms with Gasteiger partial charge in [-0.1, -0.05) is 30.9 Å². The number of hydrogen-bond acceptors (Lipinski definition) is 4. The Morgan fingerprint density at radius 3 is 3.05 bits per heavy atom. The molecule has 0 aliphatic carbocycles. The van der Waals surface area contributed by atoms with Gasteiger partial charge in [0, 0.05) is 42.6 Å². The van der Waals surface area contributed by atoms with Crippen LogP contribution >= 0.6 is 24.2 Å². The van der Waals surface area contributed by atoms with Crippen molar-refractivity contribution in [1.29, 1.82) is 0 Å². The summed E-state index contributed by atoms with van der Waals surface area (Å²) in [5.41, 5.74) is 0.985. The van der Waals surface area contributed by atoms with Crippen molar-refractivity contribution >= 4 is 30.1 Å². The first kappa shape index (κ1) is 18.9. The lowest BCUT2D eigenvalue weighted by Gasteiger charge is -2.22. The molecule has 1 aliphatic rings. The monoisotopic (exact) mass is 342 g/mol. The van der Waals surface area contributed by atoms with Crippen LogP contribution in [0.3, 0.4) is 0 Å². The van der Waals surface area contributed by atoms with E-state index in [1.54, 1.807) is 6.08 Å². The van der Waals surface area contributed by atoms with Gasteiger partial charge in [0.1, 0.15) is 12.4 Å². The number of hydrogen-bond donors (Lipinski definition) is 2. The largest absolute Gasteiger partial charge is 0.489 e. The molecule has 1 amide bonds. The Kier molecular flexibility index (Phi) is 9.04. The van der Waals surface area contributed by atoms with Gasteiger partial charge in [-0.2, -0.15) is 11.8 Å². The first-order chi connectivity index (χ1) is 10.3. The minimum absolute atomic E-state index is 0. The molecule has 4 nitrogen and oxygen atoms in total. The molecule has 1 fully saturated rings. The van der Waals surface area contributed by atoms with Crippen molar-refractivity contribution in [3.63, 3.8) is 0 Å². The maximum absolute atomic E-state index is 12.0. The van der Waals surface area contributed by atoms with Crippen LogP contribution in [0.2, 0.25) is 0 Å². The van der Waals surface area contributed by atoms with Gasteiger partial charge in [-0.3, -0.25) is 4.79 Å². The zero-order valence-electron chi connectivity index (χ0n) is 12.5. The fourth-order valence-corrected chi connectivity index (χ4v) is 3.13. The van der Waals surface area contributed by atoms with Gasteiger partial charge in [0.15, 0.2) is 0 Å². The van der Waals surface area contributed by atoms with E-state index in [-0.39, 0.29) is 24.4 Å². The summed E-state index contributed by atoms with van der Waals surface area (Å²) < 4.78 is 5.58. The molecule has 1 heterocycles. The highest BCUT2D eigenvalue weighted by Gasteiger charge is 2.16. The fourth-order valence-electron chi connectivity index (χ4n) is 2.18. The van der Waals surface area contributed by atoms with Crippen LogP contribution in [0.4, 0.5) is 0 Å². The van der Waals surface area contributed by atoms with Crippen LogP contribution in [0.25, 0.3) is 0 Å². The molecule has 2 N–H and O–H groups in total. The van der Waals surface area contributed by atoms with E-state index in [9.17, 15) is 4.79 Å². The topological polar surface area (TPSA) is 50.4 Å². The molecule has 1 atom stereocenters. The summed E-state index contributed by atoms with van der Waals surface area (Å²) in [5, 5.41) is 6.34. The van der Waals surface area contributed by atoms with Gasteiger partial charge in [0.05, 0.1) is 0 Å². The van der Waals surface area contributed by atoms with E-state index in [2.05, 4.69) is 17.2 Å². The maximum atomic E-state index is 12.0. The number of carbonyl (C=O) groups excluding carboxylic acids is 1. The number of benzene rings is 1. The van der Waals surface area contributed by atoms with Crippen LogP contribution in [0.1, 0.15) is 12.0 Å². The van der Waals surface area contributed by atoms with Crippen LogP contribution in [0.5, 0.6) is 5.75 Å². The summed E-state index contributed by atoms with van der Waals surface area (Å²) in [6, 6.07) is 8.03. The zero-order chi connectivity index (χ0) is 14.9. The highest BCUT2D eigenvalue weighted by Crippen LogP contribution is 2.18. The number of halogens is 1. The molecule has 0 aromatic heterocycles. The molecule has 0 saturated carbocycles. The maximum Gasteiger partial charge on any atom is 0.221 e. The number of para-hydroxylation sites is 1. The number of carbonyl (C=O) groups is 1. The van der Waals surface area contributed by atoms with E-state index in [0.717, 1.165) is 29.4 Å². The van der Waals surface area contributed by atoms with Gasteiger partial charge in [-0.05, 0) is 6.07 Å². The average Bonchev–Trinajstić information content (AvgIpc) is 2.52. The summed E-state index contributed by atoms with van der Waals surface area (Å²) in [7, 11) is 0. The second-order valence-corrected chi connectivity index (χ2v) is 6.06. The van der Waals surface area contributed by atoms with Crippen LogP contribution in [0, 0.1) is 0 Å². The van der Waals surface area contributed by atoms with Crippen molar-refractivity contribution in [1.82, 2.24) is 10.6 Å². The molecule has 2 rings (SSSR count). The molecule has 122 valence electrons. The summed E-state index contributed by atoms with van der Waals surface area (Å²) in [6.07, 6.45) is 2.24. The molecule has 1 aliphatic heterocycles. The van der Waals surface area contributed by atoms with Gasteiger partial charge in [-0.15, -0.1) is 12.4 Å². The molecule has 1 aromatic carbocycles. The molecule has 1 saturated heterocycles. The molecule has 6 heteroatoms. The SMILES string of the molecule is C=CCOc1ccccc1CNC(=O)CC1CSCCN1.Cl. The third kappa shape index (κ3) is 6.30. The molecule has 0 spiro atoms. The van der Waals surface area contributed by atoms with Gasteiger partial charge in [0.2, 0.25) is 5.91 Å². The Labute approximate surface area is 142 Å². The Morgan fingerprint density at radius 1 is 1.50 bits per heavy atom. The molecular formula is C16H23ClN2O2S. The average molecular weight is 343 g/mol. The van der Waals surface area contributed by atoms with Crippen molar-refractivity contribution in [2.24, 2.45) is 0 Å². The molecule has 1 unspecified atom stereocenters. The standard InChI is InChI=1S/C16H22N2O2S.ClH/c1-2-8-20-15-6-4-3-5-13(15)11-18-16(19)10-14-12-21-9-7-17-14;/h2-6,14,17H,1,7-12H2,(H,18,19);1H.